The van der Waals surface area contributed by atoms with E-state index in [1.54, 1.807) is 35.6 Å². The molecule has 160 valence electrons. The fraction of sp³-hybridized carbons (Fsp3) is 0.304. The van der Waals surface area contributed by atoms with E-state index >= 15 is 0 Å². The van der Waals surface area contributed by atoms with Gasteiger partial charge in [0.15, 0.2) is 18.2 Å². The van der Waals surface area contributed by atoms with Crippen molar-refractivity contribution in [1.29, 1.82) is 0 Å². The van der Waals surface area contributed by atoms with Crippen LogP contribution in [0.15, 0.2) is 55.0 Å². The maximum Gasteiger partial charge on any atom is 0.261 e. The molecule has 1 aromatic carbocycles. The van der Waals surface area contributed by atoms with Crippen LogP contribution in [0.4, 0.5) is 10.3 Å². The summed E-state index contributed by atoms with van der Waals surface area (Å²) in [5.41, 5.74) is 2.60. The lowest BCUT2D eigenvalue weighted by atomic mass is 10.0. The van der Waals surface area contributed by atoms with E-state index in [0.29, 0.717) is 12.5 Å². The minimum atomic E-state index is -0.486. The van der Waals surface area contributed by atoms with Gasteiger partial charge < -0.3 is 14.5 Å². The molecular formula is C23H24FN5O2. The van der Waals surface area contributed by atoms with Gasteiger partial charge in [-0.05, 0) is 42.7 Å². The van der Waals surface area contributed by atoms with Gasteiger partial charge in [-0.3, -0.25) is 9.78 Å². The smallest absolute Gasteiger partial charge is 0.261 e. The van der Waals surface area contributed by atoms with Gasteiger partial charge in [0.05, 0.1) is 11.7 Å². The number of anilines is 1. The molecule has 3 heterocycles. The van der Waals surface area contributed by atoms with Crippen molar-refractivity contribution < 1.29 is 13.9 Å². The van der Waals surface area contributed by atoms with Gasteiger partial charge in [0.2, 0.25) is 5.95 Å². The Balaban J connectivity index is 1.62. The average molecular weight is 421 g/mol. The fourth-order valence-electron chi connectivity index (χ4n) is 3.74. The van der Waals surface area contributed by atoms with Crippen molar-refractivity contribution in [3.8, 4) is 16.9 Å². The maximum atomic E-state index is 13.8. The van der Waals surface area contributed by atoms with Gasteiger partial charge in [0.1, 0.15) is 0 Å². The van der Waals surface area contributed by atoms with Gasteiger partial charge in [0, 0.05) is 44.8 Å². The van der Waals surface area contributed by atoms with Gasteiger partial charge in [-0.2, -0.15) is 0 Å². The molecule has 0 saturated carbocycles. The number of hydrogen-bond acceptors (Lipinski definition) is 6. The zero-order valence-electron chi connectivity index (χ0n) is 17.5. The molecule has 0 N–H and O–H groups in total. The Labute approximate surface area is 180 Å². The average Bonchev–Trinajstić information content (AvgIpc) is 3.28. The molecule has 1 saturated heterocycles. The summed E-state index contributed by atoms with van der Waals surface area (Å²) in [4.78, 5) is 30.0. The lowest BCUT2D eigenvalue weighted by Crippen LogP contribution is -2.35. The minimum Gasteiger partial charge on any atom is -0.481 e. The molecule has 3 aromatic rings. The number of pyridine rings is 1. The Morgan fingerprint density at radius 1 is 1.23 bits per heavy atom. The van der Waals surface area contributed by atoms with Gasteiger partial charge >= 0.3 is 0 Å². The first kappa shape index (κ1) is 20.7. The highest BCUT2D eigenvalue weighted by Crippen LogP contribution is 2.37. The summed E-state index contributed by atoms with van der Waals surface area (Å²) in [6, 6.07) is 9.68. The summed E-state index contributed by atoms with van der Waals surface area (Å²) in [5.74, 6) is -0.0353. The molecule has 0 radical (unpaired) electrons. The van der Waals surface area contributed by atoms with Gasteiger partial charge in [0.25, 0.3) is 5.91 Å². The van der Waals surface area contributed by atoms with Crippen LogP contribution in [0.25, 0.3) is 11.1 Å². The van der Waals surface area contributed by atoms with E-state index < -0.39 is 5.82 Å². The highest BCUT2D eigenvalue weighted by molar-refractivity contribution is 5.79. The highest BCUT2D eigenvalue weighted by atomic mass is 19.1. The first-order chi connectivity index (χ1) is 15.0. The Hall–Kier alpha value is -3.55. The maximum absolute atomic E-state index is 13.8. The SMILES string of the molecule is CN(C)c1ncc(-c2ccncc2)c([C@H]2CCCN2C(=O)COc2ccccc2F)n1. The summed E-state index contributed by atoms with van der Waals surface area (Å²) >= 11 is 0. The number of halogens is 1. The number of carbonyl (C=O) groups excluding carboxylic acids is 1. The van der Waals surface area contributed by atoms with Gasteiger partial charge in [-0.15, -0.1) is 0 Å². The van der Waals surface area contributed by atoms with E-state index in [-0.39, 0.29) is 24.3 Å². The second kappa shape index (κ2) is 9.07. The Bertz CT molecular complexity index is 1060. The number of rotatable bonds is 6. The number of amides is 1. The second-order valence-electron chi connectivity index (χ2n) is 7.56. The van der Waals surface area contributed by atoms with Gasteiger partial charge in [-0.1, -0.05) is 12.1 Å². The third-order valence-corrected chi connectivity index (χ3v) is 5.27. The molecule has 31 heavy (non-hydrogen) atoms. The lowest BCUT2D eigenvalue weighted by Gasteiger charge is -2.27. The largest absolute Gasteiger partial charge is 0.481 e. The van der Waals surface area contributed by atoms with Crippen LogP contribution < -0.4 is 9.64 Å². The molecule has 1 aliphatic heterocycles. The molecule has 0 aliphatic carbocycles. The summed E-state index contributed by atoms with van der Waals surface area (Å²) < 4.78 is 19.3. The van der Waals surface area contributed by atoms with Crippen molar-refractivity contribution in [2.45, 2.75) is 18.9 Å². The van der Waals surface area contributed by atoms with Gasteiger partial charge in [-0.25, -0.2) is 14.4 Å². The zero-order chi connectivity index (χ0) is 21.8. The third kappa shape index (κ3) is 4.47. The van der Waals surface area contributed by atoms with E-state index in [2.05, 4.69) is 9.97 Å². The third-order valence-electron chi connectivity index (χ3n) is 5.27. The van der Waals surface area contributed by atoms with E-state index in [1.807, 2.05) is 31.1 Å². The number of carbonyl (C=O) groups is 1. The summed E-state index contributed by atoms with van der Waals surface area (Å²) in [5, 5.41) is 0. The van der Waals surface area contributed by atoms with E-state index in [9.17, 15) is 9.18 Å². The molecular weight excluding hydrogens is 397 g/mol. The van der Waals surface area contributed by atoms with E-state index in [4.69, 9.17) is 9.72 Å². The first-order valence-electron chi connectivity index (χ1n) is 10.2. The highest BCUT2D eigenvalue weighted by Gasteiger charge is 2.33. The van der Waals surface area contributed by atoms with E-state index in [0.717, 1.165) is 29.7 Å². The summed E-state index contributed by atoms with van der Waals surface area (Å²) in [7, 11) is 3.76. The number of nitrogens with zero attached hydrogens (tertiary/aromatic N) is 5. The van der Waals surface area contributed by atoms with Crippen LogP contribution in [-0.4, -0.2) is 53.0 Å². The molecule has 0 bridgehead atoms. The lowest BCUT2D eigenvalue weighted by molar-refractivity contribution is -0.134. The monoisotopic (exact) mass is 421 g/mol. The number of ether oxygens (including phenoxy) is 1. The number of likely N-dealkylation sites (tertiary alicyclic amines) is 1. The molecule has 1 fully saturated rings. The molecule has 8 heteroatoms. The molecule has 7 nitrogen and oxygen atoms in total. The predicted octanol–water partition coefficient (Wildman–Crippen LogP) is 3.49. The molecule has 1 amide bonds. The van der Waals surface area contributed by atoms with Crippen LogP contribution in [0.2, 0.25) is 0 Å². The van der Waals surface area contributed by atoms with Crippen LogP contribution in [-0.2, 0) is 4.79 Å². The fourth-order valence-corrected chi connectivity index (χ4v) is 3.74. The number of benzene rings is 1. The van der Waals surface area contributed by atoms with Crippen LogP contribution in [0.3, 0.4) is 0 Å². The van der Waals surface area contributed by atoms with Crippen molar-refractivity contribution in [2.75, 3.05) is 32.1 Å². The summed E-state index contributed by atoms with van der Waals surface area (Å²) in [6.07, 6.45) is 6.88. The Morgan fingerprint density at radius 2 is 2.00 bits per heavy atom. The number of hydrogen-bond donors (Lipinski definition) is 0. The quantitative estimate of drug-likeness (QED) is 0.607. The van der Waals surface area contributed by atoms with Crippen molar-refractivity contribution in [2.24, 2.45) is 0 Å². The molecule has 1 atom stereocenters. The normalized spacial score (nSPS) is 15.7. The van der Waals surface area contributed by atoms with Crippen LogP contribution >= 0.6 is 0 Å². The summed E-state index contributed by atoms with van der Waals surface area (Å²) in [6.45, 7) is 0.370. The molecule has 0 unspecified atom stereocenters. The molecule has 1 aliphatic rings. The first-order valence-corrected chi connectivity index (χ1v) is 10.2. The minimum absolute atomic E-state index is 0.0704. The van der Waals surface area contributed by atoms with E-state index in [1.165, 1.54) is 12.1 Å². The second-order valence-corrected chi connectivity index (χ2v) is 7.56. The predicted molar refractivity (Wildman–Crippen MR) is 115 cm³/mol. The standard InChI is InChI=1S/C23H24FN5O2/c1-28(2)23-26-14-17(16-9-11-25-12-10-16)22(27-23)19-7-5-13-29(19)21(30)15-31-20-8-4-3-6-18(20)24/h3-4,6,8-12,14,19H,5,7,13,15H2,1-2H3/t19-/m1/s1. The Morgan fingerprint density at radius 3 is 2.74 bits per heavy atom. The van der Waals surface area contributed by atoms with Crippen LogP contribution in [0.1, 0.15) is 24.6 Å². The molecule has 4 rings (SSSR count). The molecule has 2 aromatic heterocycles. The van der Waals surface area contributed by atoms with Crippen molar-refractivity contribution >= 4 is 11.9 Å². The van der Waals surface area contributed by atoms with Crippen molar-refractivity contribution in [3.05, 3.63) is 66.5 Å². The number of para-hydroxylation sites is 1. The Kier molecular flexibility index (Phi) is 6.06. The zero-order valence-corrected chi connectivity index (χ0v) is 17.5. The van der Waals surface area contributed by atoms with Crippen LogP contribution in [0.5, 0.6) is 5.75 Å². The van der Waals surface area contributed by atoms with Crippen molar-refractivity contribution in [1.82, 2.24) is 19.9 Å². The number of aromatic nitrogens is 3. The topological polar surface area (TPSA) is 71.5 Å². The van der Waals surface area contributed by atoms with Crippen LogP contribution in [0, 0.1) is 5.82 Å². The van der Waals surface area contributed by atoms with Crippen molar-refractivity contribution in [3.63, 3.8) is 0 Å². The molecule has 0 spiro atoms.